The number of benzene rings is 3. The van der Waals surface area contributed by atoms with Gasteiger partial charge in [0.2, 0.25) is 0 Å². The molecule has 0 saturated heterocycles. The third kappa shape index (κ3) is 2.62. The molecule has 0 amide bonds. The van der Waals surface area contributed by atoms with Gasteiger partial charge in [0.25, 0.3) is 0 Å². The van der Waals surface area contributed by atoms with Crippen LogP contribution in [0.25, 0.3) is 21.5 Å². The van der Waals surface area contributed by atoms with Gasteiger partial charge in [-0.3, -0.25) is 0 Å². The van der Waals surface area contributed by atoms with E-state index >= 15 is 0 Å². The molecule has 1 nitrogen and oxygen atoms in total. The standard InChI is InChI=1S/C21H23N/c1-2-8-16(7-1)14-22-15-21-19-11-5-3-9-17(19)13-18-10-4-6-12-20(18)21/h3-6,9-13,16,22H,1-2,7-8,14-15H2. The smallest absolute Gasteiger partial charge is 0.0217 e. The lowest BCUT2D eigenvalue weighted by atomic mass is 9.96. The van der Waals surface area contributed by atoms with Crippen molar-refractivity contribution in [3.8, 4) is 0 Å². The fraction of sp³-hybridized carbons (Fsp3) is 0.333. The Morgan fingerprint density at radius 2 is 1.41 bits per heavy atom. The highest BCUT2D eigenvalue weighted by Gasteiger charge is 2.14. The van der Waals surface area contributed by atoms with E-state index in [-0.39, 0.29) is 0 Å². The molecule has 1 aliphatic rings. The second-order valence-corrected chi connectivity index (χ2v) is 6.58. The van der Waals surface area contributed by atoms with Crippen molar-refractivity contribution in [3.05, 3.63) is 60.2 Å². The quantitative estimate of drug-likeness (QED) is 0.645. The van der Waals surface area contributed by atoms with Gasteiger partial charge >= 0.3 is 0 Å². The fourth-order valence-corrected chi connectivity index (χ4v) is 3.91. The molecule has 1 saturated carbocycles. The van der Waals surface area contributed by atoms with E-state index in [1.54, 1.807) is 0 Å². The van der Waals surface area contributed by atoms with Gasteiger partial charge in [0.05, 0.1) is 0 Å². The maximum atomic E-state index is 3.73. The van der Waals surface area contributed by atoms with Crippen LogP contribution in [-0.2, 0) is 6.54 Å². The molecule has 0 aliphatic heterocycles. The van der Waals surface area contributed by atoms with Gasteiger partial charge in [-0.2, -0.15) is 0 Å². The molecule has 1 heteroatoms. The third-order valence-electron chi connectivity index (χ3n) is 5.09. The lowest BCUT2D eigenvalue weighted by Crippen LogP contribution is -2.21. The molecule has 0 bridgehead atoms. The van der Waals surface area contributed by atoms with Crippen molar-refractivity contribution in [1.29, 1.82) is 0 Å². The normalized spacial score (nSPS) is 15.8. The third-order valence-corrected chi connectivity index (χ3v) is 5.09. The van der Waals surface area contributed by atoms with E-state index in [2.05, 4.69) is 59.9 Å². The van der Waals surface area contributed by atoms with Crippen LogP contribution in [0, 0.1) is 5.92 Å². The molecular weight excluding hydrogens is 266 g/mol. The van der Waals surface area contributed by atoms with Gasteiger partial charge in [-0.25, -0.2) is 0 Å². The van der Waals surface area contributed by atoms with Gasteiger partial charge in [-0.15, -0.1) is 0 Å². The van der Waals surface area contributed by atoms with Crippen LogP contribution < -0.4 is 5.32 Å². The first-order chi connectivity index (χ1) is 10.9. The monoisotopic (exact) mass is 289 g/mol. The second kappa shape index (κ2) is 6.10. The summed E-state index contributed by atoms with van der Waals surface area (Å²) in [6.07, 6.45) is 5.65. The first-order valence-electron chi connectivity index (χ1n) is 8.52. The van der Waals surface area contributed by atoms with Crippen molar-refractivity contribution in [2.75, 3.05) is 6.54 Å². The lowest BCUT2D eigenvalue weighted by Gasteiger charge is -2.14. The summed E-state index contributed by atoms with van der Waals surface area (Å²) < 4.78 is 0. The molecule has 0 atom stereocenters. The van der Waals surface area contributed by atoms with Crippen LogP contribution in [-0.4, -0.2) is 6.54 Å². The number of rotatable bonds is 4. The van der Waals surface area contributed by atoms with Crippen LogP contribution in [0.1, 0.15) is 31.2 Å². The SMILES string of the molecule is c1ccc2c(CNCC3CCCC3)c3ccccc3cc2c1. The first kappa shape index (κ1) is 13.8. The number of nitrogens with one attached hydrogen (secondary N) is 1. The van der Waals surface area contributed by atoms with E-state index in [1.807, 2.05) is 0 Å². The Morgan fingerprint density at radius 3 is 2.05 bits per heavy atom. The minimum absolute atomic E-state index is 0.890. The minimum Gasteiger partial charge on any atom is -0.312 e. The van der Waals surface area contributed by atoms with Crippen molar-refractivity contribution < 1.29 is 0 Å². The summed E-state index contributed by atoms with van der Waals surface area (Å²) in [5.74, 6) is 0.890. The highest BCUT2D eigenvalue weighted by molar-refractivity contribution is 6.02. The van der Waals surface area contributed by atoms with Crippen LogP contribution in [0.4, 0.5) is 0 Å². The van der Waals surface area contributed by atoms with Gasteiger partial charge in [0.15, 0.2) is 0 Å². The van der Waals surface area contributed by atoms with Crippen molar-refractivity contribution in [2.24, 2.45) is 5.92 Å². The molecule has 22 heavy (non-hydrogen) atoms. The average Bonchev–Trinajstić information content (AvgIpc) is 3.07. The van der Waals surface area contributed by atoms with Crippen LogP contribution in [0.5, 0.6) is 0 Å². The topological polar surface area (TPSA) is 12.0 Å². The Balaban J connectivity index is 1.69. The lowest BCUT2D eigenvalue weighted by molar-refractivity contribution is 0.490. The molecule has 1 aliphatic carbocycles. The number of hydrogen-bond donors (Lipinski definition) is 1. The van der Waals surface area contributed by atoms with E-state index in [1.165, 1.54) is 52.8 Å². The van der Waals surface area contributed by atoms with Gasteiger partial charge in [-0.05, 0) is 58.5 Å². The van der Waals surface area contributed by atoms with Gasteiger partial charge < -0.3 is 5.32 Å². The van der Waals surface area contributed by atoms with E-state index < -0.39 is 0 Å². The van der Waals surface area contributed by atoms with Crippen molar-refractivity contribution in [2.45, 2.75) is 32.2 Å². The summed E-state index contributed by atoms with van der Waals surface area (Å²) in [5, 5.41) is 9.20. The van der Waals surface area contributed by atoms with Crippen LogP contribution in [0.3, 0.4) is 0 Å². The van der Waals surface area contributed by atoms with E-state index in [4.69, 9.17) is 0 Å². The average molecular weight is 289 g/mol. The Kier molecular flexibility index (Phi) is 3.82. The van der Waals surface area contributed by atoms with Crippen molar-refractivity contribution >= 4 is 21.5 Å². The molecule has 1 fully saturated rings. The minimum atomic E-state index is 0.890. The molecule has 4 rings (SSSR count). The second-order valence-electron chi connectivity index (χ2n) is 6.58. The molecule has 0 unspecified atom stereocenters. The van der Waals surface area contributed by atoms with E-state index in [9.17, 15) is 0 Å². The largest absolute Gasteiger partial charge is 0.312 e. The highest BCUT2D eigenvalue weighted by atomic mass is 14.9. The van der Waals surface area contributed by atoms with Crippen LogP contribution in [0.15, 0.2) is 54.6 Å². The van der Waals surface area contributed by atoms with E-state index in [0.29, 0.717) is 0 Å². The zero-order valence-electron chi connectivity index (χ0n) is 13.0. The Labute approximate surface area is 132 Å². The molecule has 0 radical (unpaired) electrons. The maximum Gasteiger partial charge on any atom is 0.0217 e. The predicted octanol–water partition coefficient (Wildman–Crippen LogP) is 5.27. The molecule has 1 N–H and O–H groups in total. The number of fused-ring (bicyclic) bond motifs is 2. The molecule has 3 aromatic rings. The summed E-state index contributed by atoms with van der Waals surface area (Å²) in [6.45, 7) is 2.13. The summed E-state index contributed by atoms with van der Waals surface area (Å²) in [4.78, 5) is 0. The predicted molar refractivity (Wildman–Crippen MR) is 95.1 cm³/mol. The zero-order valence-corrected chi connectivity index (χ0v) is 13.0. The molecular formula is C21H23N. The van der Waals surface area contributed by atoms with Gasteiger partial charge in [0.1, 0.15) is 0 Å². The first-order valence-corrected chi connectivity index (χ1v) is 8.52. The molecule has 3 aromatic carbocycles. The molecule has 0 heterocycles. The summed E-state index contributed by atoms with van der Waals surface area (Å²) in [7, 11) is 0. The Morgan fingerprint density at radius 1 is 0.818 bits per heavy atom. The molecule has 0 spiro atoms. The maximum absolute atomic E-state index is 3.73. The number of hydrogen-bond acceptors (Lipinski definition) is 1. The molecule has 112 valence electrons. The van der Waals surface area contributed by atoms with Gasteiger partial charge in [-0.1, -0.05) is 61.4 Å². The highest BCUT2D eigenvalue weighted by Crippen LogP contribution is 2.29. The zero-order chi connectivity index (χ0) is 14.8. The summed E-state index contributed by atoms with van der Waals surface area (Å²) in [6, 6.07) is 19.8. The van der Waals surface area contributed by atoms with Gasteiger partial charge in [0, 0.05) is 6.54 Å². The van der Waals surface area contributed by atoms with Crippen molar-refractivity contribution in [3.63, 3.8) is 0 Å². The Hall–Kier alpha value is -1.86. The summed E-state index contributed by atoms with van der Waals surface area (Å²) in [5.41, 5.74) is 1.45. The summed E-state index contributed by atoms with van der Waals surface area (Å²) >= 11 is 0. The van der Waals surface area contributed by atoms with Crippen LogP contribution >= 0.6 is 0 Å². The van der Waals surface area contributed by atoms with Crippen molar-refractivity contribution in [1.82, 2.24) is 5.32 Å². The molecule has 0 aromatic heterocycles. The van der Waals surface area contributed by atoms with E-state index in [0.717, 1.165) is 19.0 Å². The Bertz CT molecular complexity index is 730. The fourth-order valence-electron chi connectivity index (χ4n) is 3.91. The van der Waals surface area contributed by atoms with Crippen LogP contribution in [0.2, 0.25) is 0 Å².